The molecule has 1 heterocycles. The van der Waals surface area contributed by atoms with Gasteiger partial charge < -0.3 is 14.6 Å². The summed E-state index contributed by atoms with van der Waals surface area (Å²) in [6, 6.07) is 9.93. The molecule has 0 amide bonds. The molecule has 1 aromatic rings. The second-order valence-electron chi connectivity index (χ2n) is 5.62. The highest BCUT2D eigenvalue weighted by molar-refractivity contribution is 5.76. The molecule has 0 saturated carbocycles. The van der Waals surface area contributed by atoms with Crippen LogP contribution in [0.25, 0.3) is 0 Å². The van der Waals surface area contributed by atoms with E-state index < -0.39 is 6.10 Å². The van der Waals surface area contributed by atoms with Crippen molar-refractivity contribution in [1.29, 1.82) is 0 Å². The third-order valence-corrected chi connectivity index (χ3v) is 3.97. The number of β-amino-alcohol motifs (C(OH)–C–C–N with tert-alkyl or cyclic N) is 1. The molecule has 5 nitrogen and oxygen atoms in total. The molecule has 5 heteroatoms. The molecule has 0 unspecified atom stereocenters. The first-order chi connectivity index (χ1) is 10.7. The van der Waals surface area contributed by atoms with E-state index in [0.29, 0.717) is 26.2 Å². The van der Waals surface area contributed by atoms with Crippen LogP contribution in [0.5, 0.6) is 0 Å². The Hall–Kier alpha value is -1.43. The van der Waals surface area contributed by atoms with Crippen molar-refractivity contribution in [1.82, 2.24) is 4.90 Å². The lowest BCUT2D eigenvalue weighted by atomic mass is 10.2. The van der Waals surface area contributed by atoms with Crippen LogP contribution in [0.2, 0.25) is 0 Å². The summed E-state index contributed by atoms with van der Waals surface area (Å²) in [5.74, 6) is -0.262. The van der Waals surface area contributed by atoms with Crippen LogP contribution in [0.4, 0.5) is 0 Å². The molecule has 2 rings (SSSR count). The average Bonchev–Trinajstić information content (AvgIpc) is 2.92. The molecule has 2 atom stereocenters. The first-order valence-electron chi connectivity index (χ1n) is 7.82. The maximum absolute atomic E-state index is 11.7. The van der Waals surface area contributed by atoms with Gasteiger partial charge in [0.05, 0.1) is 19.8 Å². The largest absolute Gasteiger partial charge is 0.468 e. The highest BCUT2D eigenvalue weighted by Gasteiger charge is 2.36. The maximum Gasteiger partial charge on any atom is 0.323 e. The number of carbonyl (C=O) groups excluding carboxylic acids is 1. The van der Waals surface area contributed by atoms with Crippen LogP contribution in [-0.4, -0.2) is 61.5 Å². The van der Waals surface area contributed by atoms with Gasteiger partial charge in [-0.15, -0.1) is 0 Å². The number of benzene rings is 1. The fraction of sp³-hybridized carbons (Fsp3) is 0.588. The molecular formula is C17H25NO4. The van der Waals surface area contributed by atoms with Crippen LogP contribution < -0.4 is 0 Å². The number of likely N-dealkylation sites (tertiary alicyclic amines) is 1. The lowest BCUT2D eigenvalue weighted by molar-refractivity contribution is -0.146. The molecule has 0 aromatic heterocycles. The topological polar surface area (TPSA) is 59.0 Å². The van der Waals surface area contributed by atoms with Gasteiger partial charge in [0.15, 0.2) is 0 Å². The van der Waals surface area contributed by atoms with Crippen LogP contribution in [0.3, 0.4) is 0 Å². The summed E-state index contributed by atoms with van der Waals surface area (Å²) in [6.45, 7) is 2.63. The minimum atomic E-state index is -0.442. The Morgan fingerprint density at radius 2 is 2.09 bits per heavy atom. The Bertz CT molecular complexity index is 451. The Labute approximate surface area is 131 Å². The summed E-state index contributed by atoms with van der Waals surface area (Å²) in [7, 11) is 1.39. The van der Waals surface area contributed by atoms with Gasteiger partial charge in [-0.05, 0) is 18.4 Å². The van der Waals surface area contributed by atoms with Gasteiger partial charge >= 0.3 is 5.97 Å². The molecule has 1 saturated heterocycles. The smallest absolute Gasteiger partial charge is 0.323 e. The van der Waals surface area contributed by atoms with E-state index in [2.05, 4.69) is 12.1 Å². The minimum Gasteiger partial charge on any atom is -0.468 e. The van der Waals surface area contributed by atoms with Gasteiger partial charge in [0, 0.05) is 26.1 Å². The number of methoxy groups -OCH3 is 1. The maximum atomic E-state index is 11.7. The molecule has 22 heavy (non-hydrogen) atoms. The highest BCUT2D eigenvalue weighted by atomic mass is 16.5. The summed E-state index contributed by atoms with van der Waals surface area (Å²) in [4.78, 5) is 13.6. The van der Waals surface area contributed by atoms with E-state index >= 15 is 0 Å². The molecule has 0 spiro atoms. The predicted molar refractivity (Wildman–Crippen MR) is 83.6 cm³/mol. The molecule has 0 radical (unpaired) electrons. The molecular weight excluding hydrogens is 282 g/mol. The second kappa shape index (κ2) is 8.88. The van der Waals surface area contributed by atoms with Crippen LogP contribution >= 0.6 is 0 Å². The number of aliphatic hydroxyl groups excluding tert-OH is 1. The molecule has 122 valence electrons. The summed E-state index contributed by atoms with van der Waals surface area (Å²) >= 11 is 0. The highest BCUT2D eigenvalue weighted by Crippen LogP contribution is 2.19. The van der Waals surface area contributed by atoms with E-state index in [-0.39, 0.29) is 12.0 Å². The fourth-order valence-corrected chi connectivity index (χ4v) is 2.81. The fourth-order valence-electron chi connectivity index (χ4n) is 2.81. The first kappa shape index (κ1) is 16.9. The van der Waals surface area contributed by atoms with E-state index in [1.54, 1.807) is 0 Å². The van der Waals surface area contributed by atoms with Gasteiger partial charge in [-0.1, -0.05) is 30.3 Å². The van der Waals surface area contributed by atoms with Crippen molar-refractivity contribution in [2.75, 3.05) is 33.4 Å². The Morgan fingerprint density at radius 1 is 1.32 bits per heavy atom. The normalized spacial score (nSPS) is 21.9. The summed E-state index contributed by atoms with van der Waals surface area (Å²) < 4.78 is 10.4. The molecule has 0 aliphatic carbocycles. The number of esters is 1. The van der Waals surface area contributed by atoms with Crippen molar-refractivity contribution in [3.05, 3.63) is 35.9 Å². The molecule has 1 aromatic carbocycles. The third-order valence-electron chi connectivity index (χ3n) is 3.97. The molecule has 1 aliphatic heterocycles. The van der Waals surface area contributed by atoms with E-state index in [0.717, 1.165) is 19.4 Å². The van der Waals surface area contributed by atoms with Crippen molar-refractivity contribution >= 4 is 5.97 Å². The number of hydrogen-bond acceptors (Lipinski definition) is 5. The molecule has 1 N–H and O–H groups in total. The zero-order valence-electron chi connectivity index (χ0n) is 13.1. The number of aliphatic hydroxyl groups is 1. The summed E-state index contributed by atoms with van der Waals surface area (Å²) in [6.07, 6.45) is 1.77. The van der Waals surface area contributed by atoms with Gasteiger partial charge in [-0.25, -0.2) is 0 Å². The van der Waals surface area contributed by atoms with Crippen molar-refractivity contribution in [3.8, 4) is 0 Å². The first-order valence-corrected chi connectivity index (χ1v) is 7.82. The minimum absolute atomic E-state index is 0.262. The summed E-state index contributed by atoms with van der Waals surface area (Å²) in [5.41, 5.74) is 1.27. The Balaban J connectivity index is 1.60. The monoisotopic (exact) mass is 307 g/mol. The summed E-state index contributed by atoms with van der Waals surface area (Å²) in [5, 5.41) is 9.70. The van der Waals surface area contributed by atoms with E-state index in [1.165, 1.54) is 12.7 Å². The molecule has 0 bridgehead atoms. The van der Waals surface area contributed by atoms with Crippen LogP contribution in [0.1, 0.15) is 18.4 Å². The number of ether oxygens (including phenoxy) is 2. The zero-order chi connectivity index (χ0) is 15.8. The van der Waals surface area contributed by atoms with Crippen molar-refractivity contribution in [2.24, 2.45) is 0 Å². The van der Waals surface area contributed by atoms with E-state index in [1.807, 2.05) is 23.1 Å². The Kier molecular flexibility index (Phi) is 6.83. The van der Waals surface area contributed by atoms with Crippen LogP contribution in [0, 0.1) is 0 Å². The quantitative estimate of drug-likeness (QED) is 0.578. The SMILES string of the molecule is COC(=O)[C@@H]1C[C@@H](O)CN1CCCOCCc1ccccc1. The van der Waals surface area contributed by atoms with Gasteiger partial charge in [-0.3, -0.25) is 9.69 Å². The predicted octanol–water partition coefficient (Wildman–Crippen LogP) is 1.24. The van der Waals surface area contributed by atoms with Crippen LogP contribution in [-0.2, 0) is 20.7 Å². The number of hydrogen-bond donors (Lipinski definition) is 1. The second-order valence-corrected chi connectivity index (χ2v) is 5.62. The Morgan fingerprint density at radius 3 is 2.82 bits per heavy atom. The zero-order valence-corrected chi connectivity index (χ0v) is 13.1. The van der Waals surface area contributed by atoms with Gasteiger partial charge in [-0.2, -0.15) is 0 Å². The number of rotatable bonds is 8. The number of nitrogens with zero attached hydrogens (tertiary/aromatic N) is 1. The standard InChI is InChI=1S/C17H25NO4/c1-21-17(20)16-12-15(19)13-18(16)9-5-10-22-11-8-14-6-3-2-4-7-14/h2-4,6-7,15-16,19H,5,8-13H2,1H3/t15-,16+/m1/s1. The van der Waals surface area contributed by atoms with Gasteiger partial charge in [0.25, 0.3) is 0 Å². The van der Waals surface area contributed by atoms with E-state index in [9.17, 15) is 9.90 Å². The van der Waals surface area contributed by atoms with Crippen LogP contribution in [0.15, 0.2) is 30.3 Å². The van der Waals surface area contributed by atoms with Gasteiger partial charge in [0.1, 0.15) is 6.04 Å². The van der Waals surface area contributed by atoms with Gasteiger partial charge in [0.2, 0.25) is 0 Å². The molecule has 1 aliphatic rings. The van der Waals surface area contributed by atoms with E-state index in [4.69, 9.17) is 9.47 Å². The lowest BCUT2D eigenvalue weighted by Gasteiger charge is -2.21. The van der Waals surface area contributed by atoms with Crippen molar-refractivity contribution in [3.63, 3.8) is 0 Å². The van der Waals surface area contributed by atoms with Crippen molar-refractivity contribution < 1.29 is 19.4 Å². The molecule has 1 fully saturated rings. The number of carbonyl (C=O) groups is 1. The van der Waals surface area contributed by atoms with Crippen molar-refractivity contribution in [2.45, 2.75) is 31.4 Å². The average molecular weight is 307 g/mol. The lowest BCUT2D eigenvalue weighted by Crippen LogP contribution is -2.37. The third kappa shape index (κ3) is 5.09.